The standard InChI is InChI=1S/C20H26N2O.ClH/c1-2-19(18-12-7-4-8-13-18)20(23)22(15-9-14-21)16-17-10-5-3-6-11-17;/h3-8,10-13,19H,2,9,14-16,21H2,1H3;1H. The molecule has 0 aromatic heterocycles. The third-order valence-corrected chi connectivity index (χ3v) is 4.07. The van der Waals surface area contributed by atoms with E-state index >= 15 is 0 Å². The first kappa shape index (κ1) is 20.2. The van der Waals surface area contributed by atoms with Gasteiger partial charge in [-0.1, -0.05) is 67.6 Å². The summed E-state index contributed by atoms with van der Waals surface area (Å²) in [5.74, 6) is 0.105. The normalized spacial score (nSPS) is 11.4. The van der Waals surface area contributed by atoms with Crippen molar-refractivity contribution >= 4 is 18.3 Å². The van der Waals surface area contributed by atoms with Crippen LogP contribution in [0.15, 0.2) is 60.7 Å². The lowest BCUT2D eigenvalue weighted by atomic mass is 9.94. The second-order valence-corrected chi connectivity index (χ2v) is 5.76. The minimum absolute atomic E-state index is 0. The number of benzene rings is 2. The van der Waals surface area contributed by atoms with Crippen LogP contribution < -0.4 is 5.73 Å². The van der Waals surface area contributed by atoms with Crippen LogP contribution >= 0.6 is 12.4 Å². The largest absolute Gasteiger partial charge is 0.338 e. The molecule has 24 heavy (non-hydrogen) atoms. The van der Waals surface area contributed by atoms with Gasteiger partial charge in [0.1, 0.15) is 0 Å². The van der Waals surface area contributed by atoms with Gasteiger partial charge < -0.3 is 10.6 Å². The summed E-state index contributed by atoms with van der Waals surface area (Å²) >= 11 is 0. The van der Waals surface area contributed by atoms with Gasteiger partial charge >= 0.3 is 0 Å². The van der Waals surface area contributed by atoms with Crippen LogP contribution in [-0.4, -0.2) is 23.9 Å². The molecule has 1 unspecified atom stereocenters. The van der Waals surface area contributed by atoms with Crippen molar-refractivity contribution in [1.82, 2.24) is 4.90 Å². The lowest BCUT2D eigenvalue weighted by molar-refractivity contribution is -0.133. The van der Waals surface area contributed by atoms with Crippen LogP contribution in [0.3, 0.4) is 0 Å². The minimum atomic E-state index is -0.0855. The van der Waals surface area contributed by atoms with Gasteiger partial charge in [-0.3, -0.25) is 4.79 Å². The van der Waals surface area contributed by atoms with Crippen molar-refractivity contribution in [3.63, 3.8) is 0 Å². The Hall–Kier alpha value is -1.84. The van der Waals surface area contributed by atoms with Crippen molar-refractivity contribution in [2.75, 3.05) is 13.1 Å². The average Bonchev–Trinajstić information content (AvgIpc) is 2.61. The van der Waals surface area contributed by atoms with Crippen molar-refractivity contribution in [3.05, 3.63) is 71.8 Å². The van der Waals surface area contributed by atoms with E-state index in [0.29, 0.717) is 19.6 Å². The van der Waals surface area contributed by atoms with E-state index in [2.05, 4.69) is 19.1 Å². The molecule has 2 N–H and O–H groups in total. The van der Waals surface area contributed by atoms with Crippen LogP contribution in [0.25, 0.3) is 0 Å². The van der Waals surface area contributed by atoms with Crippen molar-refractivity contribution in [3.8, 4) is 0 Å². The zero-order valence-electron chi connectivity index (χ0n) is 14.2. The van der Waals surface area contributed by atoms with E-state index in [9.17, 15) is 4.79 Å². The molecule has 1 atom stereocenters. The summed E-state index contributed by atoms with van der Waals surface area (Å²) in [5.41, 5.74) is 7.89. The van der Waals surface area contributed by atoms with Crippen molar-refractivity contribution in [1.29, 1.82) is 0 Å². The van der Waals surface area contributed by atoms with Crippen LogP contribution in [-0.2, 0) is 11.3 Å². The molecule has 0 bridgehead atoms. The highest BCUT2D eigenvalue weighted by atomic mass is 35.5. The Bertz CT molecular complexity index is 589. The Morgan fingerprint density at radius 3 is 2.17 bits per heavy atom. The van der Waals surface area contributed by atoms with Gasteiger partial charge in [0, 0.05) is 13.1 Å². The van der Waals surface area contributed by atoms with E-state index in [1.54, 1.807) is 0 Å². The molecule has 0 aliphatic carbocycles. The molecule has 3 nitrogen and oxygen atoms in total. The Morgan fingerprint density at radius 1 is 1.04 bits per heavy atom. The van der Waals surface area contributed by atoms with Crippen molar-refractivity contribution in [2.24, 2.45) is 5.73 Å². The number of hydrogen-bond acceptors (Lipinski definition) is 2. The second kappa shape index (κ2) is 10.8. The first-order chi connectivity index (χ1) is 11.3. The fourth-order valence-electron chi connectivity index (χ4n) is 2.81. The third kappa shape index (κ3) is 5.66. The highest BCUT2D eigenvalue weighted by Gasteiger charge is 2.24. The predicted molar refractivity (Wildman–Crippen MR) is 102 cm³/mol. The van der Waals surface area contributed by atoms with Crippen LogP contribution in [0.1, 0.15) is 36.8 Å². The van der Waals surface area contributed by atoms with Crippen LogP contribution in [0.4, 0.5) is 0 Å². The molecule has 1 amide bonds. The van der Waals surface area contributed by atoms with Gasteiger partial charge in [-0.05, 0) is 30.5 Å². The molecule has 2 aromatic carbocycles. The van der Waals surface area contributed by atoms with Gasteiger partial charge in [0.25, 0.3) is 0 Å². The first-order valence-corrected chi connectivity index (χ1v) is 8.34. The molecule has 4 heteroatoms. The fourth-order valence-corrected chi connectivity index (χ4v) is 2.81. The fraction of sp³-hybridized carbons (Fsp3) is 0.350. The van der Waals surface area contributed by atoms with Gasteiger partial charge in [0.05, 0.1) is 5.92 Å². The lowest BCUT2D eigenvalue weighted by Gasteiger charge is -2.27. The van der Waals surface area contributed by atoms with Gasteiger partial charge in [-0.25, -0.2) is 0 Å². The monoisotopic (exact) mass is 346 g/mol. The molecule has 2 rings (SSSR count). The number of carbonyl (C=O) groups excluding carboxylic acids is 1. The molecule has 0 saturated carbocycles. The van der Waals surface area contributed by atoms with Gasteiger partial charge in [-0.15, -0.1) is 12.4 Å². The molecule has 0 aliphatic rings. The zero-order valence-corrected chi connectivity index (χ0v) is 15.0. The molecule has 0 saturated heterocycles. The Labute approximate surface area is 151 Å². The highest BCUT2D eigenvalue weighted by Crippen LogP contribution is 2.23. The number of carbonyl (C=O) groups is 1. The topological polar surface area (TPSA) is 46.3 Å². The highest BCUT2D eigenvalue weighted by molar-refractivity contribution is 5.85. The summed E-state index contributed by atoms with van der Waals surface area (Å²) in [7, 11) is 0. The quantitative estimate of drug-likeness (QED) is 0.785. The summed E-state index contributed by atoms with van der Waals surface area (Å²) in [5, 5.41) is 0. The summed E-state index contributed by atoms with van der Waals surface area (Å²) in [6.45, 7) is 4.01. The molecule has 2 aromatic rings. The maximum atomic E-state index is 13.1. The van der Waals surface area contributed by atoms with Gasteiger partial charge in [-0.2, -0.15) is 0 Å². The third-order valence-electron chi connectivity index (χ3n) is 4.07. The molecule has 0 heterocycles. The number of nitrogens with two attached hydrogens (primary N) is 1. The maximum Gasteiger partial charge on any atom is 0.230 e. The number of halogens is 1. The van der Waals surface area contributed by atoms with E-state index < -0.39 is 0 Å². The van der Waals surface area contributed by atoms with Crippen LogP contribution in [0, 0.1) is 0 Å². The number of hydrogen-bond donors (Lipinski definition) is 1. The van der Waals surface area contributed by atoms with E-state index in [0.717, 1.165) is 24.0 Å². The minimum Gasteiger partial charge on any atom is -0.338 e. The molecule has 0 aliphatic heterocycles. The Kier molecular flexibility index (Phi) is 9.13. The Balaban J connectivity index is 0.00000288. The molecule has 0 spiro atoms. The lowest BCUT2D eigenvalue weighted by Crippen LogP contribution is -2.36. The van der Waals surface area contributed by atoms with Crippen LogP contribution in [0.5, 0.6) is 0 Å². The summed E-state index contributed by atoms with van der Waals surface area (Å²) < 4.78 is 0. The van der Waals surface area contributed by atoms with Crippen molar-refractivity contribution < 1.29 is 4.79 Å². The van der Waals surface area contributed by atoms with Crippen LogP contribution in [0.2, 0.25) is 0 Å². The summed E-state index contributed by atoms with van der Waals surface area (Å²) in [6, 6.07) is 20.2. The van der Waals surface area contributed by atoms with Gasteiger partial charge in [0.2, 0.25) is 5.91 Å². The Morgan fingerprint density at radius 2 is 1.62 bits per heavy atom. The maximum absolute atomic E-state index is 13.1. The molecular weight excluding hydrogens is 320 g/mol. The van der Waals surface area contributed by atoms with Gasteiger partial charge in [0.15, 0.2) is 0 Å². The molecule has 0 fully saturated rings. The smallest absolute Gasteiger partial charge is 0.230 e. The number of amides is 1. The van der Waals surface area contributed by atoms with E-state index in [-0.39, 0.29) is 24.2 Å². The number of rotatable bonds is 8. The molecule has 130 valence electrons. The summed E-state index contributed by atoms with van der Waals surface area (Å²) in [6.07, 6.45) is 1.63. The first-order valence-electron chi connectivity index (χ1n) is 8.34. The predicted octanol–water partition coefficient (Wildman–Crippen LogP) is 3.98. The summed E-state index contributed by atoms with van der Waals surface area (Å²) in [4.78, 5) is 15.0. The molecule has 0 radical (unpaired) electrons. The molecular formula is C20H27ClN2O. The SMILES string of the molecule is CCC(C(=O)N(CCCN)Cc1ccccc1)c1ccccc1.Cl. The van der Waals surface area contributed by atoms with E-state index in [4.69, 9.17) is 5.73 Å². The zero-order chi connectivity index (χ0) is 16.5. The van der Waals surface area contributed by atoms with Crippen molar-refractivity contribution in [2.45, 2.75) is 32.2 Å². The second-order valence-electron chi connectivity index (χ2n) is 5.76. The van der Waals surface area contributed by atoms with E-state index in [1.807, 2.05) is 53.4 Å². The average molecular weight is 347 g/mol. The van der Waals surface area contributed by atoms with E-state index in [1.165, 1.54) is 0 Å². The number of nitrogens with zero attached hydrogens (tertiary/aromatic N) is 1.